The zero-order chi connectivity index (χ0) is 10.1. The molecular formula is C12H9N3. The average Bonchev–Trinajstić information content (AvgIpc) is 2.82. The Kier molecular flexibility index (Phi) is 1.75. The fourth-order valence-corrected chi connectivity index (χ4v) is 1.67. The zero-order valence-electron chi connectivity index (χ0n) is 8.01. The first-order valence-corrected chi connectivity index (χ1v) is 4.76. The maximum Gasteiger partial charge on any atom is 0.0565 e. The lowest BCUT2D eigenvalue weighted by atomic mass is 10.1. The topological polar surface area (TPSA) is 41.6 Å². The Labute approximate surface area is 86.8 Å². The monoisotopic (exact) mass is 195 g/mol. The van der Waals surface area contributed by atoms with Gasteiger partial charge in [0, 0.05) is 29.5 Å². The summed E-state index contributed by atoms with van der Waals surface area (Å²) in [6, 6.07) is 8.31. The second-order valence-corrected chi connectivity index (χ2v) is 3.42. The SMILES string of the molecule is c1cc2cc(-c3cn[nH]c3)ccc2cn1. The number of aromatic nitrogens is 3. The summed E-state index contributed by atoms with van der Waals surface area (Å²) in [5.74, 6) is 0. The van der Waals surface area contributed by atoms with Crippen LogP contribution in [0.25, 0.3) is 21.9 Å². The highest BCUT2D eigenvalue weighted by Gasteiger charge is 1.99. The first-order chi connectivity index (χ1) is 7.43. The fourth-order valence-electron chi connectivity index (χ4n) is 1.67. The number of rotatable bonds is 1. The van der Waals surface area contributed by atoms with Gasteiger partial charge in [0.1, 0.15) is 0 Å². The van der Waals surface area contributed by atoms with Crippen LogP contribution in [-0.4, -0.2) is 15.2 Å². The molecule has 0 amide bonds. The summed E-state index contributed by atoms with van der Waals surface area (Å²) in [7, 11) is 0. The number of nitrogens with zero attached hydrogens (tertiary/aromatic N) is 2. The molecule has 1 N–H and O–H groups in total. The molecule has 0 radical (unpaired) electrons. The van der Waals surface area contributed by atoms with E-state index in [1.54, 1.807) is 0 Å². The third kappa shape index (κ3) is 1.38. The lowest BCUT2D eigenvalue weighted by Crippen LogP contribution is -1.77. The number of benzene rings is 1. The third-order valence-electron chi connectivity index (χ3n) is 2.47. The van der Waals surface area contributed by atoms with Crippen LogP contribution in [0.3, 0.4) is 0 Å². The normalized spacial score (nSPS) is 10.7. The molecule has 0 atom stereocenters. The van der Waals surface area contributed by atoms with E-state index in [9.17, 15) is 0 Å². The van der Waals surface area contributed by atoms with E-state index in [0.29, 0.717) is 0 Å². The number of pyridine rings is 1. The van der Waals surface area contributed by atoms with Crippen molar-refractivity contribution in [3.8, 4) is 11.1 Å². The van der Waals surface area contributed by atoms with E-state index in [0.717, 1.165) is 10.9 Å². The van der Waals surface area contributed by atoms with Crippen LogP contribution >= 0.6 is 0 Å². The van der Waals surface area contributed by atoms with E-state index < -0.39 is 0 Å². The zero-order valence-corrected chi connectivity index (χ0v) is 8.01. The summed E-state index contributed by atoms with van der Waals surface area (Å²) < 4.78 is 0. The second-order valence-electron chi connectivity index (χ2n) is 3.42. The number of aromatic amines is 1. The van der Waals surface area contributed by atoms with Gasteiger partial charge in [-0.25, -0.2) is 0 Å². The van der Waals surface area contributed by atoms with Crippen molar-refractivity contribution in [1.29, 1.82) is 0 Å². The van der Waals surface area contributed by atoms with E-state index in [1.807, 2.05) is 30.9 Å². The van der Waals surface area contributed by atoms with Crippen molar-refractivity contribution >= 4 is 10.8 Å². The predicted octanol–water partition coefficient (Wildman–Crippen LogP) is 2.62. The minimum atomic E-state index is 1.11. The Balaban J connectivity index is 2.22. The molecule has 0 aliphatic carbocycles. The van der Waals surface area contributed by atoms with Crippen LogP contribution in [0.1, 0.15) is 0 Å². The first-order valence-electron chi connectivity index (χ1n) is 4.76. The lowest BCUT2D eigenvalue weighted by Gasteiger charge is -2.00. The highest BCUT2D eigenvalue weighted by Crippen LogP contribution is 2.22. The molecule has 0 spiro atoms. The van der Waals surface area contributed by atoms with Crippen molar-refractivity contribution in [1.82, 2.24) is 15.2 Å². The molecule has 3 heteroatoms. The van der Waals surface area contributed by atoms with Gasteiger partial charge in [-0.15, -0.1) is 0 Å². The van der Waals surface area contributed by atoms with Crippen LogP contribution in [0.2, 0.25) is 0 Å². The van der Waals surface area contributed by atoms with Gasteiger partial charge in [-0.3, -0.25) is 10.1 Å². The molecule has 0 aliphatic heterocycles. The Morgan fingerprint density at radius 2 is 1.93 bits per heavy atom. The molecule has 0 saturated carbocycles. The quantitative estimate of drug-likeness (QED) is 0.648. The van der Waals surface area contributed by atoms with Crippen molar-refractivity contribution in [2.75, 3.05) is 0 Å². The molecule has 3 nitrogen and oxygen atoms in total. The van der Waals surface area contributed by atoms with Crippen molar-refractivity contribution in [2.45, 2.75) is 0 Å². The van der Waals surface area contributed by atoms with Crippen molar-refractivity contribution in [3.05, 3.63) is 49.1 Å². The number of hydrogen-bond donors (Lipinski definition) is 1. The summed E-state index contributed by atoms with van der Waals surface area (Å²) in [6.07, 6.45) is 7.39. The minimum absolute atomic E-state index is 1.11. The van der Waals surface area contributed by atoms with Gasteiger partial charge < -0.3 is 0 Å². The Morgan fingerprint density at radius 1 is 0.933 bits per heavy atom. The molecule has 0 fully saturated rings. The summed E-state index contributed by atoms with van der Waals surface area (Å²) in [5.41, 5.74) is 2.27. The van der Waals surface area contributed by atoms with Crippen molar-refractivity contribution in [2.24, 2.45) is 0 Å². The number of fused-ring (bicyclic) bond motifs is 1. The molecule has 72 valence electrons. The van der Waals surface area contributed by atoms with Gasteiger partial charge >= 0.3 is 0 Å². The Bertz CT molecular complexity index is 585. The lowest BCUT2D eigenvalue weighted by molar-refractivity contribution is 1.09. The average molecular weight is 195 g/mol. The molecule has 3 rings (SSSR count). The molecule has 15 heavy (non-hydrogen) atoms. The number of H-pyrrole nitrogens is 1. The summed E-state index contributed by atoms with van der Waals surface area (Å²) in [5, 5.41) is 9.11. The Hall–Kier alpha value is -2.16. The summed E-state index contributed by atoms with van der Waals surface area (Å²) in [4.78, 5) is 4.09. The van der Waals surface area contributed by atoms with E-state index in [1.165, 1.54) is 10.9 Å². The van der Waals surface area contributed by atoms with Crippen molar-refractivity contribution in [3.63, 3.8) is 0 Å². The van der Waals surface area contributed by atoms with Gasteiger partial charge in [-0.05, 0) is 23.1 Å². The summed E-state index contributed by atoms with van der Waals surface area (Å²) >= 11 is 0. The molecule has 1 aromatic carbocycles. The molecule has 3 aromatic rings. The second kappa shape index (κ2) is 3.20. The largest absolute Gasteiger partial charge is 0.285 e. The fraction of sp³-hybridized carbons (Fsp3) is 0. The molecule has 0 bridgehead atoms. The predicted molar refractivity (Wildman–Crippen MR) is 59.3 cm³/mol. The van der Waals surface area contributed by atoms with E-state index in [4.69, 9.17) is 0 Å². The Morgan fingerprint density at radius 3 is 2.80 bits per heavy atom. The van der Waals surface area contributed by atoms with E-state index >= 15 is 0 Å². The van der Waals surface area contributed by atoms with Crippen LogP contribution < -0.4 is 0 Å². The standard InChI is InChI=1S/C12H9N3/c1-2-11-6-13-4-3-10(11)5-9(1)12-7-14-15-8-12/h1-8H,(H,14,15). The molecule has 0 unspecified atom stereocenters. The van der Waals surface area contributed by atoms with Gasteiger partial charge in [0.2, 0.25) is 0 Å². The summed E-state index contributed by atoms with van der Waals surface area (Å²) in [6.45, 7) is 0. The van der Waals surface area contributed by atoms with Crippen LogP contribution in [-0.2, 0) is 0 Å². The van der Waals surface area contributed by atoms with Gasteiger partial charge in [0.05, 0.1) is 6.20 Å². The molecule has 0 aliphatic rings. The number of hydrogen-bond acceptors (Lipinski definition) is 2. The first kappa shape index (κ1) is 8.17. The minimum Gasteiger partial charge on any atom is -0.285 e. The molecule has 2 aromatic heterocycles. The van der Waals surface area contributed by atoms with Crippen LogP contribution in [0.4, 0.5) is 0 Å². The van der Waals surface area contributed by atoms with Gasteiger partial charge in [-0.2, -0.15) is 5.10 Å². The smallest absolute Gasteiger partial charge is 0.0565 e. The van der Waals surface area contributed by atoms with Gasteiger partial charge in [-0.1, -0.05) is 12.1 Å². The maximum atomic E-state index is 4.09. The third-order valence-corrected chi connectivity index (χ3v) is 2.47. The van der Waals surface area contributed by atoms with Crippen LogP contribution in [0.5, 0.6) is 0 Å². The molecular weight excluding hydrogens is 186 g/mol. The molecule has 2 heterocycles. The van der Waals surface area contributed by atoms with Gasteiger partial charge in [0.25, 0.3) is 0 Å². The highest BCUT2D eigenvalue weighted by atomic mass is 15.1. The molecule has 0 saturated heterocycles. The van der Waals surface area contributed by atoms with Crippen LogP contribution in [0, 0.1) is 0 Å². The van der Waals surface area contributed by atoms with Crippen molar-refractivity contribution < 1.29 is 0 Å². The highest BCUT2D eigenvalue weighted by molar-refractivity contribution is 5.86. The number of nitrogens with one attached hydrogen (secondary N) is 1. The van der Waals surface area contributed by atoms with Crippen LogP contribution in [0.15, 0.2) is 49.1 Å². The van der Waals surface area contributed by atoms with Gasteiger partial charge in [0.15, 0.2) is 0 Å². The van der Waals surface area contributed by atoms with E-state index in [-0.39, 0.29) is 0 Å². The van der Waals surface area contributed by atoms with E-state index in [2.05, 4.69) is 33.4 Å². The maximum absolute atomic E-state index is 4.09.